The summed E-state index contributed by atoms with van der Waals surface area (Å²) in [5.41, 5.74) is 6.18. The van der Waals surface area contributed by atoms with E-state index in [0.717, 1.165) is 88.9 Å². The maximum Gasteiger partial charge on any atom is 0.407 e. The number of ether oxygens (including phenoxy) is 3. The SMILES string of the molecule is COC(=O)N[C@H](C(=O)N1CCC[C@H]1c1ncc(-c2ccc3c(c2)OC(C2CC2)n2c-3c(Cl)c3cc(-c4cnc([C@@H]5CCCN5C(=O)[C@@H](NC(=O)OC)C(C)C)[nH]4)ccc32)[nH]1)C(C)C. The lowest BCUT2D eigenvalue weighted by atomic mass is 10.0. The second kappa shape index (κ2) is 16.9. The molecule has 0 radical (unpaired) electrons. The topological polar surface area (TPSA) is 189 Å². The van der Waals surface area contributed by atoms with Gasteiger partial charge in [-0.2, -0.15) is 0 Å². The van der Waals surface area contributed by atoms with E-state index in [1.165, 1.54) is 14.2 Å². The van der Waals surface area contributed by atoms with Crippen LogP contribution in [-0.4, -0.2) is 97.7 Å². The van der Waals surface area contributed by atoms with Crippen LogP contribution >= 0.6 is 11.6 Å². The van der Waals surface area contributed by atoms with Crippen molar-refractivity contribution in [2.24, 2.45) is 17.8 Å². The third kappa shape index (κ3) is 7.76. The maximum absolute atomic E-state index is 13.7. The number of aromatic amines is 2. The van der Waals surface area contributed by atoms with Crippen LogP contribution in [0.4, 0.5) is 9.59 Å². The average molecular weight is 880 g/mol. The summed E-state index contributed by atoms with van der Waals surface area (Å²) in [7, 11) is 2.58. The number of nitrogens with one attached hydrogen (secondary N) is 4. The Balaban J connectivity index is 0.983. The summed E-state index contributed by atoms with van der Waals surface area (Å²) in [5.74, 6) is 1.88. The van der Waals surface area contributed by atoms with Gasteiger partial charge in [0.2, 0.25) is 11.8 Å². The smallest absolute Gasteiger partial charge is 0.407 e. The van der Waals surface area contributed by atoms with Crippen LogP contribution in [0, 0.1) is 17.8 Å². The van der Waals surface area contributed by atoms with Crippen LogP contribution in [0.15, 0.2) is 48.8 Å². The van der Waals surface area contributed by atoms with Crippen molar-refractivity contribution < 1.29 is 33.4 Å². The number of halogens is 1. The fourth-order valence-corrected chi connectivity index (χ4v) is 9.85. The van der Waals surface area contributed by atoms with Gasteiger partial charge in [0, 0.05) is 41.1 Å². The summed E-state index contributed by atoms with van der Waals surface area (Å²) in [6.45, 7) is 8.73. The Morgan fingerprint density at radius 2 is 1.29 bits per heavy atom. The number of carbonyl (C=O) groups is 4. The zero-order valence-electron chi connectivity index (χ0n) is 36.4. The van der Waals surface area contributed by atoms with Crippen molar-refractivity contribution in [3.63, 3.8) is 0 Å². The second-order valence-electron chi connectivity index (χ2n) is 17.8. The van der Waals surface area contributed by atoms with E-state index in [-0.39, 0.29) is 42.0 Å². The van der Waals surface area contributed by atoms with Gasteiger partial charge in [-0.1, -0.05) is 51.4 Å². The Bertz CT molecular complexity index is 2580. The predicted molar refractivity (Wildman–Crippen MR) is 236 cm³/mol. The summed E-state index contributed by atoms with van der Waals surface area (Å²) < 4.78 is 18.7. The molecule has 2 aromatic carbocycles. The summed E-state index contributed by atoms with van der Waals surface area (Å²) in [4.78, 5) is 71.8. The van der Waals surface area contributed by atoms with Gasteiger partial charge in [0.15, 0.2) is 6.23 Å². The summed E-state index contributed by atoms with van der Waals surface area (Å²) in [6, 6.07) is 10.4. The van der Waals surface area contributed by atoms with E-state index < -0.39 is 24.3 Å². The van der Waals surface area contributed by atoms with Crippen LogP contribution < -0.4 is 15.4 Å². The number of alkyl carbamates (subject to hydrolysis) is 2. The number of imidazole rings is 2. The summed E-state index contributed by atoms with van der Waals surface area (Å²) >= 11 is 7.40. The van der Waals surface area contributed by atoms with Gasteiger partial charge in [0.05, 0.1) is 66.3 Å². The number of hydrogen-bond acceptors (Lipinski definition) is 9. The van der Waals surface area contributed by atoms with Crippen molar-refractivity contribution in [3.05, 3.63) is 65.5 Å². The highest BCUT2D eigenvalue weighted by Crippen LogP contribution is 2.53. The summed E-state index contributed by atoms with van der Waals surface area (Å²) in [5, 5.41) is 6.95. The molecule has 1 unspecified atom stereocenters. The predicted octanol–water partition coefficient (Wildman–Crippen LogP) is 8.13. The molecule has 1 saturated carbocycles. The Morgan fingerprint density at radius 3 is 1.79 bits per heavy atom. The van der Waals surface area contributed by atoms with Crippen LogP contribution in [0.5, 0.6) is 5.75 Å². The van der Waals surface area contributed by atoms with Gasteiger partial charge in [-0.25, -0.2) is 19.6 Å². The zero-order valence-corrected chi connectivity index (χ0v) is 37.1. The van der Waals surface area contributed by atoms with Crippen LogP contribution in [0.3, 0.4) is 0 Å². The van der Waals surface area contributed by atoms with E-state index in [1.807, 2.05) is 45.9 Å². The van der Waals surface area contributed by atoms with Gasteiger partial charge in [0.1, 0.15) is 29.5 Å². The lowest BCUT2D eigenvalue weighted by Crippen LogP contribution is -2.51. The Morgan fingerprint density at radius 1 is 0.762 bits per heavy atom. The average Bonchev–Trinajstić information content (AvgIpc) is 3.83. The van der Waals surface area contributed by atoms with E-state index >= 15 is 0 Å². The van der Waals surface area contributed by atoms with Crippen molar-refractivity contribution in [1.82, 2.24) is 44.9 Å². The number of hydrogen-bond donors (Lipinski definition) is 4. The molecule has 1 aliphatic carbocycles. The van der Waals surface area contributed by atoms with Crippen molar-refractivity contribution in [2.75, 3.05) is 27.3 Å². The van der Waals surface area contributed by atoms with Gasteiger partial charge in [0.25, 0.3) is 0 Å². The first-order valence-corrected chi connectivity index (χ1v) is 22.3. The van der Waals surface area contributed by atoms with Crippen LogP contribution in [0.25, 0.3) is 44.7 Å². The van der Waals surface area contributed by atoms with Gasteiger partial charge in [-0.15, -0.1) is 0 Å². The monoisotopic (exact) mass is 879 g/mol. The molecule has 5 aromatic rings. The molecule has 3 aliphatic heterocycles. The highest BCUT2D eigenvalue weighted by molar-refractivity contribution is 6.38. The molecule has 5 atom stereocenters. The number of benzene rings is 2. The fourth-order valence-electron chi connectivity index (χ4n) is 9.50. The molecule has 0 bridgehead atoms. The highest BCUT2D eigenvalue weighted by atomic mass is 35.5. The molecule has 332 valence electrons. The molecule has 2 saturated heterocycles. The summed E-state index contributed by atoms with van der Waals surface area (Å²) in [6.07, 6.45) is 7.34. The van der Waals surface area contributed by atoms with Gasteiger partial charge in [-0.05, 0) is 74.6 Å². The largest absolute Gasteiger partial charge is 0.469 e. The van der Waals surface area contributed by atoms with Gasteiger partial charge < -0.3 is 49.2 Å². The van der Waals surface area contributed by atoms with E-state index in [4.69, 9.17) is 35.8 Å². The van der Waals surface area contributed by atoms with Crippen LogP contribution in [0.2, 0.25) is 5.02 Å². The Kier molecular flexibility index (Phi) is 11.4. The number of likely N-dealkylation sites (tertiary alicyclic amines) is 2. The standard InChI is InChI=1S/C46H54ClN9O7/c1-23(2)37(52-45(59)61-5)42(57)54-17-7-9-33(54)40-48-21-30(50-40)26-14-16-32-29(19-26)36(47)39-28-15-13-27(20-35(28)63-44(56(32)39)25-11-12-25)31-22-49-41(51-31)34-10-8-18-55(34)43(58)38(24(3)4)53-46(60)62-6/h13-16,19-25,33-34,37-38,44H,7-12,17-18H2,1-6H3,(H,48,50)(H,49,51)(H,52,59)(H,53,60)/t33-,34-,37-,38-,44?/m0/s1. The molecular formula is C46H54ClN9O7. The number of fused-ring (bicyclic) bond motifs is 5. The molecule has 17 heteroatoms. The first kappa shape index (κ1) is 42.3. The number of amides is 4. The lowest BCUT2D eigenvalue weighted by molar-refractivity contribution is -0.136. The minimum atomic E-state index is -0.717. The minimum absolute atomic E-state index is 0.129. The third-order valence-electron chi connectivity index (χ3n) is 13.0. The van der Waals surface area contributed by atoms with Crippen molar-refractivity contribution >= 4 is 46.5 Å². The van der Waals surface area contributed by atoms with E-state index in [2.05, 4.69) is 43.4 Å². The molecule has 9 rings (SSSR count). The highest BCUT2D eigenvalue weighted by Gasteiger charge is 2.42. The van der Waals surface area contributed by atoms with E-state index in [9.17, 15) is 19.2 Å². The Labute approximate surface area is 370 Å². The second-order valence-corrected chi connectivity index (χ2v) is 18.2. The lowest BCUT2D eigenvalue weighted by Gasteiger charge is -2.30. The third-order valence-corrected chi connectivity index (χ3v) is 13.4. The quantitative estimate of drug-likeness (QED) is 0.102. The van der Waals surface area contributed by atoms with Crippen molar-refractivity contribution in [2.45, 2.75) is 96.6 Å². The molecule has 16 nitrogen and oxygen atoms in total. The molecule has 6 heterocycles. The molecule has 0 spiro atoms. The molecule has 63 heavy (non-hydrogen) atoms. The first-order valence-electron chi connectivity index (χ1n) is 21.9. The normalized spacial score (nSPS) is 20.4. The molecule has 3 aromatic heterocycles. The maximum atomic E-state index is 13.7. The van der Waals surface area contributed by atoms with Gasteiger partial charge in [-0.3, -0.25) is 9.59 Å². The molecule has 4 aliphatic rings. The molecule has 4 amide bonds. The number of aromatic nitrogens is 5. The first-order chi connectivity index (χ1) is 30.4. The van der Waals surface area contributed by atoms with Crippen LogP contribution in [-0.2, 0) is 19.1 Å². The van der Waals surface area contributed by atoms with Crippen LogP contribution in [0.1, 0.15) is 96.2 Å². The van der Waals surface area contributed by atoms with E-state index in [1.54, 1.807) is 22.2 Å². The number of H-pyrrole nitrogens is 2. The fraction of sp³-hybridized carbons (Fsp3) is 0.478. The van der Waals surface area contributed by atoms with Gasteiger partial charge >= 0.3 is 12.2 Å². The molecule has 4 N–H and O–H groups in total. The zero-order chi connectivity index (χ0) is 44.3. The molecular weight excluding hydrogens is 826 g/mol. The van der Waals surface area contributed by atoms with Crippen molar-refractivity contribution in [1.29, 1.82) is 0 Å². The van der Waals surface area contributed by atoms with E-state index in [0.29, 0.717) is 35.7 Å². The minimum Gasteiger partial charge on any atom is -0.469 e. The number of methoxy groups -OCH3 is 2. The number of rotatable bonds is 11. The Hall–Kier alpha value is -6.03. The number of nitrogens with zero attached hydrogens (tertiary/aromatic N) is 5. The van der Waals surface area contributed by atoms with Crippen molar-refractivity contribution in [3.8, 4) is 39.5 Å². The molecule has 3 fully saturated rings. The number of carbonyl (C=O) groups excluding carboxylic acids is 4.